The van der Waals surface area contributed by atoms with E-state index in [1.807, 2.05) is 7.05 Å². The van der Waals surface area contributed by atoms with Gasteiger partial charge in [-0.2, -0.15) is 11.8 Å². The molecule has 2 bridgehead atoms. The van der Waals surface area contributed by atoms with Crippen molar-refractivity contribution in [2.45, 2.75) is 24.1 Å². The van der Waals surface area contributed by atoms with Crippen molar-refractivity contribution in [2.75, 3.05) is 58.6 Å². The second kappa shape index (κ2) is 7.00. The van der Waals surface area contributed by atoms with Gasteiger partial charge in [-0.15, -0.1) is 0 Å². The molecule has 0 radical (unpaired) electrons. The third-order valence-corrected chi connectivity index (χ3v) is 6.04. The van der Waals surface area contributed by atoms with Crippen LogP contribution in [0, 0.1) is 0 Å². The molecule has 0 aromatic heterocycles. The minimum atomic E-state index is 0.650. The molecule has 0 aromatic rings. The van der Waals surface area contributed by atoms with E-state index in [1.165, 1.54) is 51.3 Å². The van der Waals surface area contributed by atoms with Crippen molar-refractivity contribution in [3.63, 3.8) is 0 Å². The lowest BCUT2D eigenvalue weighted by atomic mass is 10.1. The van der Waals surface area contributed by atoms with Gasteiger partial charge in [0.2, 0.25) is 0 Å². The van der Waals surface area contributed by atoms with Crippen molar-refractivity contribution in [3.8, 4) is 0 Å². The van der Waals surface area contributed by atoms with Gasteiger partial charge in [0.15, 0.2) is 5.96 Å². The van der Waals surface area contributed by atoms with Crippen LogP contribution >= 0.6 is 11.8 Å². The number of thioether (sulfide) groups is 1. The summed E-state index contributed by atoms with van der Waals surface area (Å²) in [6.45, 7) is 8.24. The highest BCUT2D eigenvalue weighted by molar-refractivity contribution is 8.00. The number of fused-ring (bicyclic) bond motifs is 3. The van der Waals surface area contributed by atoms with Crippen LogP contribution in [0.4, 0.5) is 0 Å². The van der Waals surface area contributed by atoms with Crippen LogP contribution in [0.3, 0.4) is 0 Å². The molecular formula is C14H27N5S. The Morgan fingerprint density at radius 3 is 2.60 bits per heavy atom. The lowest BCUT2D eigenvalue weighted by molar-refractivity contribution is 0.0154. The highest BCUT2D eigenvalue weighted by atomic mass is 32.2. The molecular weight excluding hydrogens is 270 g/mol. The minimum absolute atomic E-state index is 0.650. The maximum atomic E-state index is 4.35. The summed E-state index contributed by atoms with van der Waals surface area (Å²) in [5.74, 6) is 2.29. The van der Waals surface area contributed by atoms with Crippen LogP contribution in [0.25, 0.3) is 0 Å². The monoisotopic (exact) mass is 297 g/mol. The predicted octanol–water partition coefficient (Wildman–Crippen LogP) is 0.0468. The molecule has 6 heteroatoms. The molecule has 4 rings (SSSR count). The topological polar surface area (TPSA) is 42.9 Å². The van der Waals surface area contributed by atoms with Crippen molar-refractivity contribution in [2.24, 2.45) is 4.99 Å². The first-order chi connectivity index (χ1) is 9.85. The lowest BCUT2D eigenvalue weighted by Crippen LogP contribution is -2.63. The number of aliphatic imine (C=N–C) groups is 1. The summed E-state index contributed by atoms with van der Waals surface area (Å²) < 4.78 is 0. The summed E-state index contributed by atoms with van der Waals surface area (Å²) in [4.78, 5) is 9.55. The molecule has 5 nitrogen and oxygen atoms in total. The van der Waals surface area contributed by atoms with Crippen LogP contribution in [0.5, 0.6) is 0 Å². The second-order valence-electron chi connectivity index (χ2n) is 5.96. The Hall–Kier alpha value is -0.460. The van der Waals surface area contributed by atoms with Gasteiger partial charge in [-0.05, 0) is 18.6 Å². The molecule has 2 N–H and O–H groups in total. The fraction of sp³-hybridized carbons (Fsp3) is 0.929. The van der Waals surface area contributed by atoms with E-state index >= 15 is 0 Å². The summed E-state index contributed by atoms with van der Waals surface area (Å²) in [6.07, 6.45) is 2.72. The first kappa shape index (κ1) is 14.5. The minimum Gasteiger partial charge on any atom is -0.355 e. The van der Waals surface area contributed by atoms with E-state index in [0.717, 1.165) is 24.3 Å². The molecule has 4 heterocycles. The number of nitrogens with one attached hydrogen (secondary N) is 2. The summed E-state index contributed by atoms with van der Waals surface area (Å²) >= 11 is 2.09. The van der Waals surface area contributed by atoms with Crippen LogP contribution in [0.1, 0.15) is 12.8 Å². The summed E-state index contributed by atoms with van der Waals surface area (Å²) in [5, 5.41) is 7.76. The van der Waals surface area contributed by atoms with E-state index < -0.39 is 0 Å². The van der Waals surface area contributed by atoms with E-state index in [1.54, 1.807) is 0 Å². The molecule has 4 saturated heterocycles. The van der Waals surface area contributed by atoms with Crippen molar-refractivity contribution < 1.29 is 0 Å². The zero-order valence-corrected chi connectivity index (χ0v) is 13.3. The van der Waals surface area contributed by atoms with Crippen LogP contribution in [0.2, 0.25) is 0 Å². The fourth-order valence-corrected chi connectivity index (χ4v) is 4.57. The first-order valence-corrected chi connectivity index (χ1v) is 8.92. The zero-order valence-electron chi connectivity index (χ0n) is 12.5. The second-order valence-corrected chi connectivity index (χ2v) is 7.37. The number of hydrogen-bond donors (Lipinski definition) is 2. The van der Waals surface area contributed by atoms with Gasteiger partial charge in [-0.1, -0.05) is 0 Å². The Morgan fingerprint density at radius 1 is 1.20 bits per heavy atom. The summed E-state index contributed by atoms with van der Waals surface area (Å²) in [5.41, 5.74) is 0. The Kier molecular flexibility index (Phi) is 5.07. The predicted molar refractivity (Wildman–Crippen MR) is 86.6 cm³/mol. The van der Waals surface area contributed by atoms with Gasteiger partial charge in [-0.3, -0.25) is 14.8 Å². The molecule has 2 unspecified atom stereocenters. The summed E-state index contributed by atoms with van der Waals surface area (Å²) in [6, 6.07) is 0.650. The first-order valence-electron chi connectivity index (χ1n) is 7.87. The third kappa shape index (κ3) is 3.59. The SMILES string of the molecule is CN=C(NCC1CCCS1)NCC1CN2CCN1CC2. The Balaban J connectivity index is 1.39. The van der Waals surface area contributed by atoms with E-state index in [0.29, 0.717) is 6.04 Å². The smallest absolute Gasteiger partial charge is 0.191 e. The van der Waals surface area contributed by atoms with Crippen LogP contribution in [-0.4, -0.2) is 85.7 Å². The van der Waals surface area contributed by atoms with Crippen molar-refractivity contribution in [1.29, 1.82) is 0 Å². The Bertz CT molecular complexity index is 334. The van der Waals surface area contributed by atoms with Crippen LogP contribution < -0.4 is 10.6 Å². The molecule has 114 valence electrons. The number of hydrogen-bond acceptors (Lipinski definition) is 4. The summed E-state index contributed by atoms with van der Waals surface area (Å²) in [7, 11) is 1.87. The number of guanidine groups is 1. The zero-order chi connectivity index (χ0) is 13.8. The largest absolute Gasteiger partial charge is 0.355 e. The van der Waals surface area contributed by atoms with Gasteiger partial charge >= 0.3 is 0 Å². The molecule has 2 atom stereocenters. The quantitative estimate of drug-likeness (QED) is 0.567. The molecule has 20 heavy (non-hydrogen) atoms. The van der Waals surface area contributed by atoms with Gasteiger partial charge < -0.3 is 10.6 Å². The number of rotatable bonds is 4. The van der Waals surface area contributed by atoms with E-state index in [4.69, 9.17) is 0 Å². The van der Waals surface area contributed by atoms with Gasteiger partial charge in [-0.25, -0.2) is 0 Å². The standard InChI is InChI=1S/C14H27N5S/c1-15-14(17-10-13-3-2-8-20-13)16-9-12-11-18-4-6-19(12)7-5-18/h12-13H,2-11H2,1H3,(H2,15,16,17). The molecule has 0 amide bonds. The normalized spacial score (nSPS) is 37.1. The number of piperazine rings is 3. The van der Waals surface area contributed by atoms with Gasteiger partial charge in [0.25, 0.3) is 0 Å². The number of nitrogens with zero attached hydrogens (tertiary/aromatic N) is 3. The third-order valence-electron chi connectivity index (χ3n) is 4.64. The average Bonchev–Trinajstić information content (AvgIpc) is 3.02. The van der Waals surface area contributed by atoms with Crippen molar-refractivity contribution in [3.05, 3.63) is 0 Å². The molecule has 0 saturated carbocycles. The Morgan fingerprint density at radius 2 is 2.00 bits per heavy atom. The van der Waals surface area contributed by atoms with E-state index in [-0.39, 0.29) is 0 Å². The Labute approximate surface area is 126 Å². The van der Waals surface area contributed by atoms with Gasteiger partial charge in [0.1, 0.15) is 0 Å². The molecule has 4 aliphatic heterocycles. The van der Waals surface area contributed by atoms with Crippen LogP contribution in [0.15, 0.2) is 4.99 Å². The van der Waals surface area contributed by atoms with Crippen LogP contribution in [-0.2, 0) is 0 Å². The average molecular weight is 297 g/mol. The molecule has 0 aliphatic carbocycles. The maximum absolute atomic E-state index is 4.35. The van der Waals surface area contributed by atoms with E-state index in [9.17, 15) is 0 Å². The highest BCUT2D eigenvalue weighted by Crippen LogP contribution is 2.25. The highest BCUT2D eigenvalue weighted by Gasteiger charge is 2.31. The van der Waals surface area contributed by atoms with Gasteiger partial charge in [0, 0.05) is 64.2 Å². The molecule has 4 aliphatic rings. The maximum Gasteiger partial charge on any atom is 0.191 e. The molecule has 4 fully saturated rings. The lowest BCUT2D eigenvalue weighted by Gasteiger charge is -2.47. The van der Waals surface area contributed by atoms with Gasteiger partial charge in [0.05, 0.1) is 0 Å². The van der Waals surface area contributed by atoms with Crippen molar-refractivity contribution in [1.82, 2.24) is 20.4 Å². The molecule has 0 spiro atoms. The van der Waals surface area contributed by atoms with E-state index in [2.05, 4.69) is 37.2 Å². The molecule has 0 aromatic carbocycles. The fourth-order valence-electron chi connectivity index (χ4n) is 3.37. The van der Waals surface area contributed by atoms with Crippen molar-refractivity contribution >= 4 is 17.7 Å².